The van der Waals surface area contributed by atoms with Gasteiger partial charge < -0.3 is 9.64 Å². The van der Waals surface area contributed by atoms with Gasteiger partial charge in [0, 0.05) is 23.1 Å². The van der Waals surface area contributed by atoms with Gasteiger partial charge in [-0.3, -0.25) is 0 Å². The standard InChI is InChI=1S/C22H26N2OS2/c1-2-6-19(7-3-1)26-17-16-25-15-14-24-12-10-18(11-13-24)22-23-20-8-4-5-9-21(20)27-22/h1-9,18H,10-17H2. The van der Waals surface area contributed by atoms with E-state index in [0.29, 0.717) is 5.92 Å². The molecule has 0 amide bonds. The molecule has 3 nitrogen and oxygen atoms in total. The minimum atomic E-state index is 0.627. The summed E-state index contributed by atoms with van der Waals surface area (Å²) in [4.78, 5) is 8.71. The van der Waals surface area contributed by atoms with E-state index in [4.69, 9.17) is 9.72 Å². The highest BCUT2D eigenvalue weighted by molar-refractivity contribution is 7.99. The maximum atomic E-state index is 5.84. The zero-order valence-corrected chi connectivity index (χ0v) is 17.2. The molecule has 0 saturated carbocycles. The number of benzene rings is 2. The van der Waals surface area contributed by atoms with Crippen LogP contribution >= 0.6 is 23.1 Å². The summed E-state index contributed by atoms with van der Waals surface area (Å²) in [5.41, 5.74) is 1.15. The second kappa shape index (κ2) is 9.69. The van der Waals surface area contributed by atoms with Gasteiger partial charge in [0.25, 0.3) is 0 Å². The molecular formula is C22H26N2OS2. The van der Waals surface area contributed by atoms with E-state index in [1.165, 1.54) is 27.4 Å². The number of piperidine rings is 1. The number of rotatable bonds is 8. The number of para-hydroxylation sites is 1. The van der Waals surface area contributed by atoms with Gasteiger partial charge >= 0.3 is 0 Å². The van der Waals surface area contributed by atoms with Gasteiger partial charge in [0.05, 0.1) is 28.4 Å². The molecule has 0 N–H and O–H groups in total. The van der Waals surface area contributed by atoms with Gasteiger partial charge in [-0.2, -0.15) is 0 Å². The summed E-state index contributed by atoms with van der Waals surface area (Å²) in [6.45, 7) is 5.01. The molecule has 0 atom stereocenters. The molecule has 0 aliphatic carbocycles. The minimum Gasteiger partial charge on any atom is -0.379 e. The van der Waals surface area contributed by atoms with Crippen LogP contribution in [0.2, 0.25) is 0 Å². The predicted octanol–water partition coefficient (Wildman–Crippen LogP) is 5.28. The lowest BCUT2D eigenvalue weighted by atomic mass is 9.97. The second-order valence-electron chi connectivity index (χ2n) is 6.91. The first-order valence-electron chi connectivity index (χ1n) is 9.72. The molecule has 0 unspecified atom stereocenters. The van der Waals surface area contributed by atoms with E-state index < -0.39 is 0 Å². The normalized spacial score (nSPS) is 16.1. The van der Waals surface area contributed by atoms with Crippen molar-refractivity contribution in [1.29, 1.82) is 0 Å². The predicted molar refractivity (Wildman–Crippen MR) is 116 cm³/mol. The molecule has 3 aromatic rings. The van der Waals surface area contributed by atoms with Crippen molar-refractivity contribution >= 4 is 33.3 Å². The lowest BCUT2D eigenvalue weighted by Crippen LogP contribution is -2.35. The van der Waals surface area contributed by atoms with Gasteiger partial charge in [0.2, 0.25) is 0 Å². The van der Waals surface area contributed by atoms with E-state index >= 15 is 0 Å². The fourth-order valence-corrected chi connectivity index (χ4v) is 5.42. The Morgan fingerprint density at radius 1 is 1.00 bits per heavy atom. The number of nitrogens with zero attached hydrogens (tertiary/aromatic N) is 2. The third kappa shape index (κ3) is 5.32. The fraction of sp³-hybridized carbons (Fsp3) is 0.409. The number of thiazole rings is 1. The smallest absolute Gasteiger partial charge is 0.0970 e. The van der Waals surface area contributed by atoms with Gasteiger partial charge in [-0.25, -0.2) is 4.98 Å². The number of aromatic nitrogens is 1. The van der Waals surface area contributed by atoms with E-state index in [1.54, 1.807) is 0 Å². The van der Waals surface area contributed by atoms with Crippen molar-refractivity contribution in [1.82, 2.24) is 9.88 Å². The van der Waals surface area contributed by atoms with E-state index in [1.807, 2.05) is 23.1 Å². The molecule has 1 fully saturated rings. The third-order valence-electron chi connectivity index (χ3n) is 5.04. The Balaban J connectivity index is 1.13. The van der Waals surface area contributed by atoms with Gasteiger partial charge in [0.1, 0.15) is 0 Å². The molecular weight excluding hydrogens is 372 g/mol. The zero-order chi connectivity index (χ0) is 18.3. The molecule has 1 aromatic heterocycles. The van der Waals surface area contributed by atoms with Crippen LogP contribution in [-0.4, -0.2) is 48.5 Å². The van der Waals surface area contributed by atoms with Crippen LogP contribution in [0.15, 0.2) is 59.5 Å². The van der Waals surface area contributed by atoms with Crippen LogP contribution in [0.5, 0.6) is 0 Å². The highest BCUT2D eigenvalue weighted by Gasteiger charge is 2.23. The van der Waals surface area contributed by atoms with Gasteiger partial charge in [0.15, 0.2) is 0 Å². The summed E-state index contributed by atoms with van der Waals surface area (Å²) in [5.74, 6) is 1.64. The SMILES string of the molecule is c1ccc(SCCOCCN2CCC(c3nc4ccccc4s3)CC2)cc1. The van der Waals surface area contributed by atoms with E-state index in [9.17, 15) is 0 Å². The molecule has 1 aliphatic heterocycles. The van der Waals surface area contributed by atoms with Crippen LogP contribution in [0.1, 0.15) is 23.8 Å². The van der Waals surface area contributed by atoms with Crippen molar-refractivity contribution in [2.45, 2.75) is 23.7 Å². The Labute approximate surface area is 169 Å². The van der Waals surface area contributed by atoms with E-state index in [-0.39, 0.29) is 0 Å². The lowest BCUT2D eigenvalue weighted by Gasteiger charge is -2.30. The molecule has 2 aromatic carbocycles. The number of hydrogen-bond donors (Lipinski definition) is 0. The van der Waals surface area contributed by atoms with Crippen molar-refractivity contribution in [3.8, 4) is 0 Å². The molecule has 4 rings (SSSR count). The maximum Gasteiger partial charge on any atom is 0.0970 e. The minimum absolute atomic E-state index is 0.627. The van der Waals surface area contributed by atoms with Crippen molar-refractivity contribution in [2.75, 3.05) is 38.6 Å². The summed E-state index contributed by atoms with van der Waals surface area (Å²) in [6, 6.07) is 19.0. The quantitative estimate of drug-likeness (QED) is 0.380. The van der Waals surface area contributed by atoms with Crippen molar-refractivity contribution in [2.24, 2.45) is 0 Å². The Morgan fingerprint density at radius 3 is 2.59 bits per heavy atom. The number of fused-ring (bicyclic) bond motifs is 1. The number of hydrogen-bond acceptors (Lipinski definition) is 5. The van der Waals surface area contributed by atoms with Gasteiger partial charge in [-0.15, -0.1) is 23.1 Å². The first-order valence-corrected chi connectivity index (χ1v) is 11.5. The molecule has 0 radical (unpaired) electrons. The molecule has 2 heterocycles. The van der Waals surface area contributed by atoms with Gasteiger partial charge in [-0.1, -0.05) is 30.3 Å². The van der Waals surface area contributed by atoms with Crippen LogP contribution < -0.4 is 0 Å². The van der Waals surface area contributed by atoms with Crippen molar-refractivity contribution in [3.63, 3.8) is 0 Å². The summed E-state index contributed by atoms with van der Waals surface area (Å²) in [7, 11) is 0. The molecule has 0 spiro atoms. The Kier molecular flexibility index (Phi) is 6.80. The van der Waals surface area contributed by atoms with Crippen LogP contribution in [0, 0.1) is 0 Å². The molecule has 1 aliphatic rings. The Morgan fingerprint density at radius 2 is 1.78 bits per heavy atom. The van der Waals surface area contributed by atoms with Crippen molar-refractivity contribution < 1.29 is 4.74 Å². The molecule has 142 valence electrons. The fourth-order valence-electron chi connectivity index (χ4n) is 3.50. The number of ether oxygens (including phenoxy) is 1. The lowest BCUT2D eigenvalue weighted by molar-refractivity contribution is 0.104. The summed E-state index contributed by atoms with van der Waals surface area (Å²) in [5, 5.41) is 1.32. The maximum absolute atomic E-state index is 5.84. The molecule has 27 heavy (non-hydrogen) atoms. The second-order valence-corrected chi connectivity index (χ2v) is 9.14. The largest absolute Gasteiger partial charge is 0.379 e. The highest BCUT2D eigenvalue weighted by atomic mass is 32.2. The number of thioether (sulfide) groups is 1. The van der Waals surface area contributed by atoms with E-state index in [2.05, 4.69) is 59.5 Å². The third-order valence-corrected chi connectivity index (χ3v) is 7.21. The Hall–Kier alpha value is -1.40. The average Bonchev–Trinajstić information content (AvgIpc) is 3.16. The van der Waals surface area contributed by atoms with E-state index in [0.717, 1.165) is 44.1 Å². The molecule has 5 heteroatoms. The Bertz CT molecular complexity index is 795. The van der Waals surface area contributed by atoms with Crippen molar-refractivity contribution in [3.05, 3.63) is 59.6 Å². The monoisotopic (exact) mass is 398 g/mol. The zero-order valence-electron chi connectivity index (χ0n) is 15.5. The summed E-state index contributed by atoms with van der Waals surface area (Å²) >= 11 is 3.74. The van der Waals surface area contributed by atoms with Crippen LogP contribution in [0.4, 0.5) is 0 Å². The number of likely N-dealkylation sites (tertiary alicyclic amines) is 1. The topological polar surface area (TPSA) is 25.4 Å². The van der Waals surface area contributed by atoms with Crippen LogP contribution in [0.25, 0.3) is 10.2 Å². The highest BCUT2D eigenvalue weighted by Crippen LogP contribution is 2.33. The van der Waals surface area contributed by atoms with Crippen LogP contribution in [0.3, 0.4) is 0 Å². The summed E-state index contributed by atoms with van der Waals surface area (Å²) in [6.07, 6.45) is 2.42. The first kappa shape index (κ1) is 18.9. The molecule has 0 bridgehead atoms. The summed E-state index contributed by atoms with van der Waals surface area (Å²) < 4.78 is 7.15. The first-order chi connectivity index (χ1) is 13.4. The van der Waals surface area contributed by atoms with Gasteiger partial charge in [-0.05, 0) is 50.2 Å². The average molecular weight is 399 g/mol. The molecule has 1 saturated heterocycles. The van der Waals surface area contributed by atoms with Crippen LogP contribution in [-0.2, 0) is 4.74 Å².